The van der Waals surface area contributed by atoms with Crippen LogP contribution in [-0.2, 0) is 505 Å². The first kappa shape index (κ1) is 116. The molecule has 0 amide bonds. The molecule has 11 atom stereocenters. The van der Waals surface area contributed by atoms with E-state index in [-0.39, 0.29) is 541 Å². The monoisotopic (exact) mass is 1830 g/mol. The number of halogens is 1. The summed E-state index contributed by atoms with van der Waals surface area (Å²) in [7, 11) is 5.96. The molecule has 2 rings (SSSR count). The van der Waals surface area contributed by atoms with E-state index in [1.807, 2.05) is 20.8 Å². The number of hydrogen-bond acceptors (Lipinski definition) is 3. The molecule has 2 aliphatic rings. The summed E-state index contributed by atoms with van der Waals surface area (Å²) in [6.07, 6.45) is -1.04. The summed E-state index contributed by atoms with van der Waals surface area (Å²) in [5.74, 6) is 1.17. The summed E-state index contributed by atoms with van der Waals surface area (Å²) in [5.41, 5.74) is 0. The van der Waals surface area contributed by atoms with Crippen LogP contribution >= 0.6 is 0 Å². The zero-order chi connectivity index (χ0) is 28.0. The Balaban J connectivity index is -0.0000000216. The van der Waals surface area contributed by atoms with Crippen molar-refractivity contribution in [2.24, 2.45) is 41.4 Å². The smallest absolute Gasteiger partial charge is 0.131 e. The Hall–Kier alpha value is 16.4. The SMILES string of the molecule is [2H][C@@H]1C(CO[C@@H]2OC(CC)[C@@H](C)[C@H]([CH2-])C2[CH2-])O[C@H]([B])C([CH2-])[C@H]1C.[CH2-]C([CH2-])C.[CH2-]C([CH2-])C.[CH2-][C@@H](C)F.[CH3-].[Y].[Y].[Y].[Y].[Y].[Y].[Y].[Y].[Y].[Y].[Y].[Y].[Y].[Y].[Y]. The van der Waals surface area contributed by atoms with Gasteiger partial charge < -0.3 is 88.9 Å². The molecule has 50 heavy (non-hydrogen) atoms. The molecule has 0 spiro atoms. The first-order valence-corrected chi connectivity index (χ1v) is 12.4. The summed E-state index contributed by atoms with van der Waals surface area (Å²) < 4.78 is 36.9. The largest absolute Gasteiger partial charge is 0.385 e. The maximum absolute atomic E-state index is 10.9. The maximum Gasteiger partial charge on any atom is 0.131 e. The molecule has 0 aromatic heterocycles. The number of rotatable bonds is 4. The van der Waals surface area contributed by atoms with Crippen molar-refractivity contribution in [3.63, 3.8) is 0 Å². The van der Waals surface area contributed by atoms with Crippen molar-refractivity contribution >= 4 is 7.85 Å². The summed E-state index contributed by atoms with van der Waals surface area (Å²) in [6, 6.07) is -0.452. The second kappa shape index (κ2) is 79.6. The Morgan fingerprint density at radius 2 is 1.00 bits per heavy atom. The quantitative estimate of drug-likeness (QED) is 0.220. The van der Waals surface area contributed by atoms with Gasteiger partial charge in [-0.05, 0) is 30.9 Å². The van der Waals surface area contributed by atoms with Crippen LogP contribution in [0.3, 0.4) is 0 Å². The molecule has 0 saturated carbocycles. The molecule has 2 saturated heterocycles. The number of hydrogen-bond donors (Lipinski definition) is 0. The van der Waals surface area contributed by atoms with E-state index in [0.29, 0.717) is 17.8 Å². The van der Waals surface area contributed by atoms with Gasteiger partial charge in [0.05, 0.1) is 18.8 Å². The van der Waals surface area contributed by atoms with E-state index in [4.69, 9.17) is 23.4 Å². The summed E-state index contributed by atoms with van der Waals surface area (Å²) in [5, 5.41) is 0. The van der Waals surface area contributed by atoms with Gasteiger partial charge >= 0.3 is 0 Å². The normalized spacial score (nSPS) is 26.5. The molecule has 3 nitrogen and oxygen atoms in total. The Bertz CT molecular complexity index is 529. The van der Waals surface area contributed by atoms with Crippen molar-refractivity contribution in [2.45, 2.75) is 85.0 Å². The molecule has 2 fully saturated rings. The molecular formula is C30H55BFO3Y15-9. The average molecular weight is 1830 g/mol. The minimum atomic E-state index is -0.917. The topological polar surface area (TPSA) is 27.7 Å². The molecule has 0 aliphatic carbocycles. The van der Waals surface area contributed by atoms with Crippen LogP contribution < -0.4 is 0 Å². The average Bonchev–Trinajstić information content (AvgIpc) is 2.72. The zero-order valence-corrected chi connectivity index (χ0v) is 75.0. The summed E-state index contributed by atoms with van der Waals surface area (Å²) >= 11 is 0. The van der Waals surface area contributed by atoms with Crippen LogP contribution in [0.15, 0.2) is 0 Å². The molecule has 20 heteroatoms. The van der Waals surface area contributed by atoms with Gasteiger partial charge in [-0.15, -0.1) is 25.7 Å². The van der Waals surface area contributed by atoms with E-state index in [1.54, 1.807) is 0 Å². The van der Waals surface area contributed by atoms with Gasteiger partial charge in [0.1, 0.15) is 14.1 Å². The van der Waals surface area contributed by atoms with Crippen LogP contribution in [0, 0.1) is 104 Å². The summed E-state index contributed by atoms with van der Waals surface area (Å²) in [6.45, 7) is 41.3. The second-order valence-electron chi connectivity index (χ2n) is 9.82. The minimum absolute atomic E-state index is 0. The zero-order valence-electron chi connectivity index (χ0n) is 33.4. The van der Waals surface area contributed by atoms with Gasteiger partial charge in [0.25, 0.3) is 0 Å². The van der Waals surface area contributed by atoms with Gasteiger partial charge in [0, 0.05) is 492 Å². The van der Waals surface area contributed by atoms with Crippen LogP contribution in [0.4, 0.5) is 4.39 Å². The van der Waals surface area contributed by atoms with E-state index in [0.717, 1.165) is 6.42 Å². The van der Waals surface area contributed by atoms with Gasteiger partial charge in [-0.2, -0.15) is 5.92 Å². The van der Waals surface area contributed by atoms with Crippen LogP contribution in [0.25, 0.3) is 0 Å². The second-order valence-corrected chi connectivity index (χ2v) is 9.82. The van der Waals surface area contributed by atoms with Crippen LogP contribution in [0.5, 0.6) is 0 Å². The van der Waals surface area contributed by atoms with E-state index >= 15 is 0 Å². The fourth-order valence-corrected chi connectivity index (χ4v) is 3.31. The molecule has 2 aliphatic heterocycles. The van der Waals surface area contributed by atoms with Crippen molar-refractivity contribution < 1.29 is 511 Å². The van der Waals surface area contributed by atoms with E-state index < -0.39 is 24.9 Å². The van der Waals surface area contributed by atoms with Crippen molar-refractivity contribution in [1.29, 1.82) is 0 Å². The Kier molecular flexibility index (Phi) is 185. The summed E-state index contributed by atoms with van der Waals surface area (Å²) in [4.78, 5) is 0. The third-order valence-corrected chi connectivity index (χ3v) is 5.24. The van der Waals surface area contributed by atoms with Crippen molar-refractivity contribution in [3.05, 3.63) is 62.8 Å². The van der Waals surface area contributed by atoms with Crippen molar-refractivity contribution in [2.75, 3.05) is 6.61 Å². The Morgan fingerprint density at radius 3 is 1.28 bits per heavy atom. The predicted octanol–water partition coefficient (Wildman–Crippen LogP) is 7.22. The number of alkyl halides is 1. The van der Waals surface area contributed by atoms with E-state index in [2.05, 4.69) is 69.2 Å². The Labute approximate surface area is 694 Å². The van der Waals surface area contributed by atoms with E-state index in [9.17, 15) is 4.39 Å². The maximum atomic E-state index is 10.9. The van der Waals surface area contributed by atoms with Gasteiger partial charge in [-0.25, -0.2) is 0 Å². The molecule has 0 aromatic rings. The van der Waals surface area contributed by atoms with Gasteiger partial charge in [0.2, 0.25) is 0 Å². The van der Waals surface area contributed by atoms with Crippen LogP contribution in [0.1, 0.15) is 55.7 Å². The fourth-order valence-electron chi connectivity index (χ4n) is 3.31. The number of ether oxygens (including phenoxy) is 3. The van der Waals surface area contributed by atoms with E-state index in [1.165, 1.54) is 6.92 Å². The van der Waals surface area contributed by atoms with Crippen molar-refractivity contribution in [1.82, 2.24) is 0 Å². The Morgan fingerprint density at radius 1 is 0.700 bits per heavy atom. The molecule has 257 valence electrons. The molecule has 2 heterocycles. The first-order chi connectivity index (χ1) is 16.0. The van der Waals surface area contributed by atoms with Crippen LogP contribution in [-0.4, -0.2) is 45.1 Å². The molecule has 4 unspecified atom stereocenters. The molecule has 0 N–H and O–H groups in total. The van der Waals surface area contributed by atoms with Gasteiger partial charge in [-0.3, -0.25) is 4.39 Å². The fraction of sp³-hybridized carbons (Fsp3) is 0.700. The molecule has 0 aromatic carbocycles. The molecule has 17 radical (unpaired) electrons. The third kappa shape index (κ3) is 73.4. The standard InChI is InChI=1S/C18H30BO3.2C4H8.C3H6F.CH3.15Y/c1-7-16-13(5)12(4)14(6)18(22-16)20-9-15-8-10(2)11(3)17(19)21-15;2*1-4(2)3;1-3(2)4;;;;;;;;;;;;;;;;/h10-18H,3-4,6-9H2,1-2,5H3;2*4H,1-2H2,3H3;3H,1H2,2H3;1H3;;;;;;;;;;;;;;;/q-3;2*-2;2*-1;;;;;;;;;;;;;;;/t10-,11?,12-,13-,14?,15?,16?,17-,18+;;;3-;;;;;;;;;;;;;;;;/m0..0................/s1/i8D;;;;;;;;;;;;;;;;;;;/t8-,10-,11?,12-,13-,14?,15?,16?,17-,18+;;;;;;;;;;;;;;;;;;;. The third-order valence-electron chi connectivity index (χ3n) is 5.24. The minimum Gasteiger partial charge on any atom is -0.385 e. The van der Waals surface area contributed by atoms with Crippen molar-refractivity contribution in [3.8, 4) is 0 Å². The molecular weight excluding hydrogens is 1770 g/mol. The van der Waals surface area contributed by atoms with Gasteiger partial charge in [0.15, 0.2) is 0 Å². The van der Waals surface area contributed by atoms with Crippen LogP contribution in [0.2, 0.25) is 0 Å². The first-order valence-electron chi connectivity index (χ1n) is 12.9. The molecule has 0 bridgehead atoms. The predicted molar refractivity (Wildman–Crippen MR) is 151 cm³/mol. The van der Waals surface area contributed by atoms with Gasteiger partial charge in [-0.1, -0.05) is 33.6 Å².